The highest BCUT2D eigenvalue weighted by atomic mass is 32.2. The highest BCUT2D eigenvalue weighted by Gasteiger charge is 2.16. The van der Waals surface area contributed by atoms with Gasteiger partial charge in [-0.25, -0.2) is 18.5 Å². The summed E-state index contributed by atoms with van der Waals surface area (Å²) >= 11 is 1.73. The zero-order valence-corrected chi connectivity index (χ0v) is 15.8. The number of imidazole rings is 1. The van der Waals surface area contributed by atoms with Crippen molar-refractivity contribution in [2.45, 2.75) is 16.6 Å². The Morgan fingerprint density at radius 3 is 2.67 bits per heavy atom. The number of nitrogens with two attached hydrogens (primary N) is 1. The molecule has 0 unspecified atom stereocenters. The topological polar surface area (TPSA) is 107 Å². The summed E-state index contributed by atoms with van der Waals surface area (Å²) in [5.74, 6) is 0.708. The largest absolute Gasteiger partial charge is 0.325 e. The van der Waals surface area contributed by atoms with Crippen molar-refractivity contribution in [3.05, 3.63) is 60.3 Å². The van der Waals surface area contributed by atoms with Crippen molar-refractivity contribution in [3.8, 4) is 11.3 Å². The summed E-state index contributed by atoms with van der Waals surface area (Å²) in [6.07, 6.45) is 2.02. The molecule has 7 nitrogen and oxygen atoms in total. The minimum atomic E-state index is -3.78. The molecule has 1 aliphatic heterocycles. The lowest BCUT2D eigenvalue weighted by molar-refractivity contribution is 0.102. The van der Waals surface area contributed by atoms with Crippen LogP contribution in [0.15, 0.2) is 64.8 Å². The number of anilines is 1. The van der Waals surface area contributed by atoms with Gasteiger partial charge in [-0.3, -0.25) is 4.79 Å². The van der Waals surface area contributed by atoms with Crippen molar-refractivity contribution in [2.75, 3.05) is 11.1 Å². The third-order valence-electron chi connectivity index (χ3n) is 4.16. The molecule has 0 bridgehead atoms. The van der Waals surface area contributed by atoms with Crippen LogP contribution in [-0.4, -0.2) is 29.6 Å². The number of primary sulfonamides is 1. The molecule has 2 aromatic carbocycles. The second-order valence-electron chi connectivity index (χ2n) is 6.05. The number of hydrogen-bond donors (Lipinski definition) is 2. The molecule has 0 radical (unpaired) electrons. The van der Waals surface area contributed by atoms with Crippen LogP contribution < -0.4 is 10.5 Å². The van der Waals surface area contributed by atoms with Gasteiger partial charge in [-0.15, -0.1) is 0 Å². The molecular formula is C18H16N4O3S2. The molecule has 0 aliphatic carbocycles. The number of thioether (sulfide) groups is 1. The summed E-state index contributed by atoms with van der Waals surface area (Å²) in [4.78, 5) is 17.0. The Kier molecular flexibility index (Phi) is 4.50. The molecule has 4 rings (SSSR count). The minimum absolute atomic E-state index is 0.0354. The summed E-state index contributed by atoms with van der Waals surface area (Å²) < 4.78 is 24.7. The number of carbonyl (C=O) groups excluding carboxylic acids is 1. The number of sulfonamides is 1. The van der Waals surface area contributed by atoms with Crippen molar-refractivity contribution in [3.63, 3.8) is 0 Å². The standard InChI is InChI=1S/C18H16N4O3S2/c19-27(24,25)15-6-4-12(5-7-15)17(23)20-14-3-1-2-13(10-14)16-11-22-8-9-26-18(22)21-16/h1-7,10-11H,8-9H2,(H,20,23)(H2,19,24,25). The molecule has 9 heteroatoms. The monoisotopic (exact) mass is 400 g/mol. The second-order valence-corrected chi connectivity index (χ2v) is 8.68. The van der Waals surface area contributed by atoms with E-state index in [1.807, 2.05) is 24.4 Å². The number of amides is 1. The van der Waals surface area contributed by atoms with Gasteiger partial charge in [-0.05, 0) is 36.4 Å². The summed E-state index contributed by atoms with van der Waals surface area (Å²) in [7, 11) is -3.78. The van der Waals surface area contributed by atoms with Crippen LogP contribution in [-0.2, 0) is 16.6 Å². The lowest BCUT2D eigenvalue weighted by atomic mass is 10.1. The molecule has 0 saturated carbocycles. The van der Waals surface area contributed by atoms with Gasteiger partial charge in [0.05, 0.1) is 10.6 Å². The maximum atomic E-state index is 12.4. The first-order chi connectivity index (χ1) is 12.9. The Hall–Kier alpha value is -2.62. The van der Waals surface area contributed by atoms with Crippen LogP contribution in [0.3, 0.4) is 0 Å². The van der Waals surface area contributed by atoms with E-state index in [0.29, 0.717) is 11.3 Å². The molecule has 1 aliphatic rings. The van der Waals surface area contributed by atoms with Gasteiger partial charge in [0.25, 0.3) is 5.91 Å². The first kappa shape index (κ1) is 17.8. The third kappa shape index (κ3) is 3.75. The number of rotatable bonds is 4. The lowest BCUT2D eigenvalue weighted by Crippen LogP contribution is -2.14. The Morgan fingerprint density at radius 2 is 1.96 bits per heavy atom. The minimum Gasteiger partial charge on any atom is -0.325 e. The van der Waals surface area contributed by atoms with Crippen LogP contribution in [0, 0.1) is 0 Å². The average Bonchev–Trinajstić information content (AvgIpc) is 3.23. The quantitative estimate of drug-likeness (QED) is 0.700. The summed E-state index contributed by atoms with van der Waals surface area (Å²) in [6, 6.07) is 12.9. The van der Waals surface area contributed by atoms with Gasteiger partial charge >= 0.3 is 0 Å². The summed E-state index contributed by atoms with van der Waals surface area (Å²) in [5.41, 5.74) is 2.75. The Bertz CT molecular complexity index is 1100. The van der Waals surface area contributed by atoms with Gasteiger partial charge in [-0.1, -0.05) is 23.9 Å². The van der Waals surface area contributed by atoms with E-state index < -0.39 is 10.0 Å². The fourth-order valence-corrected chi connectivity index (χ4v) is 4.26. The first-order valence-electron chi connectivity index (χ1n) is 8.15. The maximum Gasteiger partial charge on any atom is 0.255 e. The van der Waals surface area contributed by atoms with E-state index in [0.717, 1.165) is 28.7 Å². The van der Waals surface area contributed by atoms with Crippen LogP contribution >= 0.6 is 11.8 Å². The van der Waals surface area contributed by atoms with Gasteiger partial charge in [0.15, 0.2) is 5.16 Å². The molecule has 3 N–H and O–H groups in total. The third-order valence-corrected chi connectivity index (χ3v) is 6.06. The number of hydrogen-bond acceptors (Lipinski definition) is 5. The molecular weight excluding hydrogens is 384 g/mol. The number of carbonyl (C=O) groups is 1. The van der Waals surface area contributed by atoms with E-state index in [2.05, 4.69) is 14.9 Å². The van der Waals surface area contributed by atoms with Crippen LogP contribution in [0.4, 0.5) is 5.69 Å². The Morgan fingerprint density at radius 1 is 1.19 bits per heavy atom. The van der Waals surface area contributed by atoms with Crippen molar-refractivity contribution in [1.29, 1.82) is 0 Å². The van der Waals surface area contributed by atoms with E-state index in [1.165, 1.54) is 24.3 Å². The smallest absolute Gasteiger partial charge is 0.255 e. The van der Waals surface area contributed by atoms with Gasteiger partial charge in [0.2, 0.25) is 10.0 Å². The lowest BCUT2D eigenvalue weighted by Gasteiger charge is -2.07. The summed E-state index contributed by atoms with van der Waals surface area (Å²) in [6.45, 7) is 0.956. The van der Waals surface area contributed by atoms with Crippen LogP contribution in [0.5, 0.6) is 0 Å². The summed E-state index contributed by atoms with van der Waals surface area (Å²) in [5, 5.41) is 8.89. The molecule has 0 fully saturated rings. The van der Waals surface area contributed by atoms with Gasteiger partial charge in [0, 0.05) is 35.3 Å². The zero-order valence-electron chi connectivity index (χ0n) is 14.1. The van der Waals surface area contributed by atoms with Crippen molar-refractivity contribution >= 4 is 33.4 Å². The van der Waals surface area contributed by atoms with E-state index in [1.54, 1.807) is 17.8 Å². The van der Waals surface area contributed by atoms with E-state index >= 15 is 0 Å². The SMILES string of the molecule is NS(=O)(=O)c1ccc(C(=O)Nc2cccc(-c3cn4c(n3)SCC4)c2)cc1. The van der Waals surface area contributed by atoms with Gasteiger partial charge < -0.3 is 9.88 Å². The molecule has 138 valence electrons. The number of aromatic nitrogens is 2. The fourth-order valence-electron chi connectivity index (χ4n) is 2.80. The molecule has 0 atom stereocenters. The van der Waals surface area contributed by atoms with Crippen molar-refractivity contribution in [2.24, 2.45) is 5.14 Å². The Labute approximate surface area is 160 Å². The van der Waals surface area contributed by atoms with Gasteiger partial charge in [-0.2, -0.15) is 0 Å². The molecule has 1 amide bonds. The van der Waals surface area contributed by atoms with E-state index in [4.69, 9.17) is 5.14 Å². The van der Waals surface area contributed by atoms with Crippen molar-refractivity contribution in [1.82, 2.24) is 9.55 Å². The molecule has 3 aromatic rings. The maximum absolute atomic E-state index is 12.4. The number of aryl methyl sites for hydroxylation is 1. The van der Waals surface area contributed by atoms with Crippen LogP contribution in [0.1, 0.15) is 10.4 Å². The zero-order chi connectivity index (χ0) is 19.0. The van der Waals surface area contributed by atoms with E-state index in [9.17, 15) is 13.2 Å². The highest BCUT2D eigenvalue weighted by Crippen LogP contribution is 2.30. The average molecular weight is 400 g/mol. The number of benzene rings is 2. The van der Waals surface area contributed by atoms with Crippen LogP contribution in [0.25, 0.3) is 11.3 Å². The predicted octanol–water partition coefficient (Wildman–Crippen LogP) is 2.56. The molecule has 27 heavy (non-hydrogen) atoms. The molecule has 1 aromatic heterocycles. The predicted molar refractivity (Wildman–Crippen MR) is 104 cm³/mol. The normalized spacial score (nSPS) is 13.4. The number of nitrogens with one attached hydrogen (secondary N) is 1. The number of fused-ring (bicyclic) bond motifs is 1. The molecule has 0 spiro atoms. The van der Waals surface area contributed by atoms with Crippen LogP contribution in [0.2, 0.25) is 0 Å². The van der Waals surface area contributed by atoms with E-state index in [-0.39, 0.29) is 10.8 Å². The first-order valence-corrected chi connectivity index (χ1v) is 10.7. The second kappa shape index (κ2) is 6.84. The highest BCUT2D eigenvalue weighted by molar-refractivity contribution is 7.99. The molecule has 2 heterocycles. The Balaban J connectivity index is 1.53. The van der Waals surface area contributed by atoms with Gasteiger partial charge in [0.1, 0.15) is 0 Å². The van der Waals surface area contributed by atoms with Crippen molar-refractivity contribution < 1.29 is 13.2 Å². The number of nitrogens with zero attached hydrogens (tertiary/aromatic N) is 2. The molecule has 0 saturated heterocycles. The fraction of sp³-hybridized carbons (Fsp3) is 0.111.